The number of hydrogen-bond acceptors (Lipinski definition) is 4. The van der Waals surface area contributed by atoms with E-state index in [0.29, 0.717) is 0 Å². The summed E-state index contributed by atoms with van der Waals surface area (Å²) < 4.78 is 0. The Kier molecular flexibility index (Phi) is 8.80. The summed E-state index contributed by atoms with van der Waals surface area (Å²) >= 11 is 0. The van der Waals surface area contributed by atoms with E-state index in [1.54, 1.807) is 0 Å². The Morgan fingerprint density at radius 1 is 0.679 bits per heavy atom. The molecule has 4 heteroatoms. The summed E-state index contributed by atoms with van der Waals surface area (Å²) in [6.07, 6.45) is 19.0. The van der Waals surface area contributed by atoms with Crippen LogP contribution < -0.4 is 5.32 Å². The van der Waals surface area contributed by atoms with E-state index in [9.17, 15) is 0 Å². The lowest BCUT2D eigenvalue weighted by Crippen LogP contribution is -2.26. The van der Waals surface area contributed by atoms with Crippen molar-refractivity contribution in [3.63, 3.8) is 0 Å². The molecule has 0 saturated heterocycles. The number of nitrogens with one attached hydrogen (secondary N) is 2. The molecule has 4 aliphatic rings. The molecule has 1 atom stereocenters. The van der Waals surface area contributed by atoms with Crippen LogP contribution in [0.4, 0.5) is 0 Å². The zero-order chi connectivity index (χ0) is 37.4. The summed E-state index contributed by atoms with van der Waals surface area (Å²) in [6.45, 7) is 0. The molecule has 0 saturated carbocycles. The van der Waals surface area contributed by atoms with E-state index in [4.69, 9.17) is 15.4 Å². The highest BCUT2D eigenvalue weighted by atomic mass is 14.9. The molecule has 0 spiro atoms. The van der Waals surface area contributed by atoms with E-state index in [-0.39, 0.29) is 5.92 Å². The Hall–Kier alpha value is -6.65. The second-order valence-corrected chi connectivity index (χ2v) is 15.1. The average molecular weight is 723 g/mol. The maximum absolute atomic E-state index is 8.55. The molecule has 4 nitrogen and oxygen atoms in total. The summed E-state index contributed by atoms with van der Waals surface area (Å²) in [7, 11) is 0. The zero-order valence-electron chi connectivity index (χ0n) is 31.3. The summed E-state index contributed by atoms with van der Waals surface area (Å²) in [5.74, 6) is 1.01. The van der Waals surface area contributed by atoms with Crippen molar-refractivity contribution in [2.24, 2.45) is 5.92 Å². The molecule has 56 heavy (non-hydrogen) atoms. The molecule has 5 aromatic carbocycles. The Morgan fingerprint density at radius 3 is 2.20 bits per heavy atom. The van der Waals surface area contributed by atoms with Crippen LogP contribution >= 0.6 is 0 Å². The fourth-order valence-corrected chi connectivity index (χ4v) is 8.97. The first-order valence-corrected chi connectivity index (χ1v) is 19.9. The first-order chi connectivity index (χ1) is 27.7. The van der Waals surface area contributed by atoms with Gasteiger partial charge in [0.1, 0.15) is 0 Å². The molecule has 1 unspecified atom stereocenters. The molecule has 0 radical (unpaired) electrons. The van der Waals surface area contributed by atoms with Crippen LogP contribution in [0, 0.1) is 11.3 Å². The molecular formula is C52H42N4. The second-order valence-electron chi connectivity index (χ2n) is 15.1. The summed E-state index contributed by atoms with van der Waals surface area (Å²) in [5, 5.41) is 12.5. The molecule has 1 aliphatic heterocycles. The highest BCUT2D eigenvalue weighted by Gasteiger charge is 2.29. The lowest BCUT2D eigenvalue weighted by atomic mass is 9.81. The highest BCUT2D eigenvalue weighted by molar-refractivity contribution is 6.19. The molecule has 6 aromatic rings. The summed E-state index contributed by atoms with van der Waals surface area (Å²) in [4.78, 5) is 10.6. The van der Waals surface area contributed by atoms with E-state index in [1.807, 2.05) is 18.2 Å². The van der Waals surface area contributed by atoms with Crippen LogP contribution in [-0.2, 0) is 6.42 Å². The minimum atomic E-state index is 0.161. The average Bonchev–Trinajstić information content (AvgIpc) is 3.66. The Morgan fingerprint density at radius 2 is 1.41 bits per heavy atom. The predicted molar refractivity (Wildman–Crippen MR) is 232 cm³/mol. The predicted octanol–water partition coefficient (Wildman–Crippen LogP) is 12.4. The third-order valence-corrected chi connectivity index (χ3v) is 11.7. The van der Waals surface area contributed by atoms with Crippen molar-refractivity contribution in [3.8, 4) is 33.6 Å². The third kappa shape index (κ3) is 6.08. The van der Waals surface area contributed by atoms with Gasteiger partial charge >= 0.3 is 0 Å². The fourth-order valence-electron chi connectivity index (χ4n) is 8.97. The van der Waals surface area contributed by atoms with Crippen LogP contribution in [0.1, 0.15) is 71.3 Å². The smallest absolute Gasteiger partial charge is 0.156 e. The molecule has 0 bridgehead atoms. The number of hydrogen-bond donors (Lipinski definition) is 2. The molecule has 2 heterocycles. The van der Waals surface area contributed by atoms with Crippen molar-refractivity contribution < 1.29 is 0 Å². The molecule has 2 N–H and O–H groups in total. The Labute approximate surface area is 328 Å². The van der Waals surface area contributed by atoms with Gasteiger partial charge in [0.2, 0.25) is 0 Å². The minimum absolute atomic E-state index is 0.161. The van der Waals surface area contributed by atoms with E-state index >= 15 is 0 Å². The minimum Gasteiger partial charge on any atom is -0.357 e. The second kappa shape index (κ2) is 14.5. The quantitative estimate of drug-likeness (QED) is 0.161. The van der Waals surface area contributed by atoms with E-state index in [2.05, 4.69) is 145 Å². The van der Waals surface area contributed by atoms with Crippen LogP contribution in [0.15, 0.2) is 163 Å². The molecule has 0 amide bonds. The highest BCUT2D eigenvalue weighted by Crippen LogP contribution is 2.45. The molecule has 10 rings (SSSR count). The number of aromatic nitrogens is 2. The molecule has 270 valence electrons. The van der Waals surface area contributed by atoms with Crippen molar-refractivity contribution in [2.45, 2.75) is 38.5 Å². The third-order valence-electron chi connectivity index (χ3n) is 11.7. The van der Waals surface area contributed by atoms with Gasteiger partial charge < -0.3 is 10.7 Å². The largest absolute Gasteiger partial charge is 0.357 e. The molecular weight excluding hydrogens is 681 g/mol. The van der Waals surface area contributed by atoms with Crippen LogP contribution in [0.2, 0.25) is 0 Å². The van der Waals surface area contributed by atoms with Gasteiger partial charge in [-0.05, 0) is 89.1 Å². The van der Waals surface area contributed by atoms with Gasteiger partial charge in [-0.25, -0.2) is 9.97 Å². The van der Waals surface area contributed by atoms with Crippen LogP contribution in [0.25, 0.3) is 56.1 Å². The van der Waals surface area contributed by atoms with Crippen molar-refractivity contribution in [1.82, 2.24) is 15.3 Å². The van der Waals surface area contributed by atoms with Crippen molar-refractivity contribution in [1.29, 1.82) is 5.41 Å². The SMILES string of the molecule is N=C/C(=C1\NC(C2C=CC=CC2)=C(c2ccc(-c3cc(-c4cccc5c4-c4ccccc4C5)nc(C4=CCCCC4)n3)cc2)c2ccccc21)c1ccccc1. The lowest BCUT2D eigenvalue weighted by Gasteiger charge is -2.32. The molecule has 0 fully saturated rings. The Bertz CT molecular complexity index is 2670. The van der Waals surface area contributed by atoms with Gasteiger partial charge in [0.05, 0.1) is 17.1 Å². The van der Waals surface area contributed by atoms with Crippen LogP contribution in [-0.4, -0.2) is 16.2 Å². The van der Waals surface area contributed by atoms with Gasteiger partial charge in [0.25, 0.3) is 0 Å². The van der Waals surface area contributed by atoms with Crippen molar-refractivity contribution >= 4 is 28.6 Å². The van der Waals surface area contributed by atoms with Gasteiger partial charge in [-0.3, -0.25) is 0 Å². The van der Waals surface area contributed by atoms with Gasteiger partial charge in [0, 0.05) is 45.7 Å². The van der Waals surface area contributed by atoms with Crippen molar-refractivity contribution in [3.05, 3.63) is 203 Å². The van der Waals surface area contributed by atoms with Crippen molar-refractivity contribution in [2.75, 3.05) is 0 Å². The maximum Gasteiger partial charge on any atom is 0.156 e. The summed E-state index contributed by atoms with van der Waals surface area (Å²) in [5.41, 5.74) is 19.3. The normalized spacial score (nSPS) is 17.7. The Balaban J connectivity index is 1.11. The number of allylic oxidation sites excluding steroid dienone is 7. The van der Waals surface area contributed by atoms with Gasteiger partial charge in [-0.2, -0.15) is 0 Å². The summed E-state index contributed by atoms with van der Waals surface area (Å²) in [6, 6.07) is 45.5. The fraction of sp³-hybridized carbons (Fsp3) is 0.135. The van der Waals surface area contributed by atoms with E-state index in [0.717, 1.165) is 87.7 Å². The van der Waals surface area contributed by atoms with Crippen LogP contribution in [0.5, 0.6) is 0 Å². The zero-order valence-corrected chi connectivity index (χ0v) is 31.3. The monoisotopic (exact) mass is 722 g/mol. The number of benzene rings is 5. The van der Waals surface area contributed by atoms with Gasteiger partial charge in [0.15, 0.2) is 5.82 Å². The van der Waals surface area contributed by atoms with E-state index in [1.165, 1.54) is 58.0 Å². The standard InChI is InChI=1S/C52H42N4/c53-33-45(34-15-4-1-5-16-34)51-43-25-13-12-24-42(43)49(50(56-51)37-17-6-2-7-18-37)36-29-27-35(28-30-36)46-32-47(55-52(54-46)38-19-8-3-9-20-38)44-26-14-22-40-31-39-21-10-11-23-41(39)48(40)44/h1-2,4-7,10-17,19,21-30,32-33,37,53,56H,3,8-9,18,20,31H2/b51-45+,53-33?. The van der Waals surface area contributed by atoms with Crippen LogP contribution in [0.3, 0.4) is 0 Å². The molecule has 1 aromatic heterocycles. The van der Waals surface area contributed by atoms with Gasteiger partial charge in [-0.15, -0.1) is 0 Å². The maximum atomic E-state index is 8.55. The number of rotatable bonds is 7. The lowest BCUT2D eigenvalue weighted by molar-refractivity contribution is 0.721. The van der Waals surface area contributed by atoms with Gasteiger partial charge in [-0.1, -0.05) is 152 Å². The molecule has 3 aliphatic carbocycles. The first-order valence-electron chi connectivity index (χ1n) is 19.9. The first kappa shape index (κ1) is 33.9. The van der Waals surface area contributed by atoms with E-state index < -0.39 is 0 Å². The topological polar surface area (TPSA) is 61.7 Å². The number of fused-ring (bicyclic) bond motifs is 4. The number of nitrogens with zero attached hydrogens (tertiary/aromatic N) is 2.